The highest BCUT2D eigenvalue weighted by molar-refractivity contribution is 9.10. The summed E-state index contributed by atoms with van der Waals surface area (Å²) in [6.07, 6.45) is 2.71. The Morgan fingerprint density at radius 3 is 2.76 bits per heavy atom. The molecule has 0 unspecified atom stereocenters. The maximum Gasteiger partial charge on any atom is 0.141 e. The molecule has 0 aliphatic rings. The van der Waals surface area contributed by atoms with Crippen LogP contribution in [-0.2, 0) is 6.61 Å². The number of pyridine rings is 1. The highest BCUT2D eigenvalue weighted by Crippen LogP contribution is 2.23. The largest absolute Gasteiger partial charge is 0.489 e. The molecule has 2 aromatic rings. The molecule has 17 heavy (non-hydrogen) atoms. The van der Waals surface area contributed by atoms with Crippen LogP contribution in [0.5, 0.6) is 5.75 Å². The molecule has 0 fully saturated rings. The third kappa shape index (κ3) is 3.42. The van der Waals surface area contributed by atoms with Crippen molar-refractivity contribution in [2.75, 3.05) is 5.73 Å². The van der Waals surface area contributed by atoms with Crippen LogP contribution in [0.4, 0.5) is 10.1 Å². The lowest BCUT2D eigenvalue weighted by Gasteiger charge is -2.07. The molecule has 1 aromatic carbocycles. The van der Waals surface area contributed by atoms with Gasteiger partial charge < -0.3 is 10.5 Å². The molecule has 1 aromatic heterocycles. The maximum atomic E-state index is 12.9. The number of hydrogen-bond acceptors (Lipinski definition) is 3. The Bertz CT molecular complexity index is 513. The second-order valence-electron chi connectivity index (χ2n) is 3.52. The van der Waals surface area contributed by atoms with E-state index in [1.54, 1.807) is 24.4 Å². The fourth-order valence-electron chi connectivity index (χ4n) is 1.37. The first kappa shape index (κ1) is 11.9. The number of rotatable bonds is 3. The molecule has 2 rings (SSSR count). The Morgan fingerprint density at radius 1 is 1.24 bits per heavy atom. The minimum atomic E-state index is -0.375. The molecule has 0 bridgehead atoms. The van der Waals surface area contributed by atoms with Gasteiger partial charge in [0.15, 0.2) is 0 Å². The van der Waals surface area contributed by atoms with Gasteiger partial charge in [0.25, 0.3) is 0 Å². The zero-order valence-corrected chi connectivity index (χ0v) is 10.4. The van der Waals surface area contributed by atoms with E-state index in [-0.39, 0.29) is 12.4 Å². The molecule has 88 valence electrons. The monoisotopic (exact) mass is 296 g/mol. The molecule has 0 saturated carbocycles. The number of ether oxygens (including phenoxy) is 1. The molecule has 2 N–H and O–H groups in total. The predicted octanol–water partition coefficient (Wildman–Crippen LogP) is 3.14. The van der Waals surface area contributed by atoms with Gasteiger partial charge in [-0.3, -0.25) is 4.98 Å². The molecule has 0 spiro atoms. The number of aromatic nitrogens is 1. The second kappa shape index (κ2) is 5.14. The SMILES string of the molecule is Nc1cc(Br)cc(OCc2cncc(F)c2)c1. The van der Waals surface area contributed by atoms with E-state index in [0.29, 0.717) is 17.0 Å². The van der Waals surface area contributed by atoms with Gasteiger partial charge in [-0.15, -0.1) is 0 Å². The number of hydrogen-bond donors (Lipinski definition) is 1. The molecular formula is C12H10BrFN2O. The molecule has 0 amide bonds. The van der Waals surface area contributed by atoms with Gasteiger partial charge >= 0.3 is 0 Å². The number of halogens is 2. The fourth-order valence-corrected chi connectivity index (χ4v) is 1.86. The number of nitrogen functional groups attached to an aromatic ring is 1. The topological polar surface area (TPSA) is 48.1 Å². The van der Waals surface area contributed by atoms with E-state index in [1.165, 1.54) is 6.07 Å². The fraction of sp³-hybridized carbons (Fsp3) is 0.0833. The summed E-state index contributed by atoms with van der Waals surface area (Å²) in [6.45, 7) is 0.251. The minimum Gasteiger partial charge on any atom is -0.489 e. The molecular weight excluding hydrogens is 287 g/mol. The van der Waals surface area contributed by atoms with E-state index >= 15 is 0 Å². The second-order valence-corrected chi connectivity index (χ2v) is 4.44. The number of nitrogens with two attached hydrogens (primary N) is 1. The predicted molar refractivity (Wildman–Crippen MR) is 67.1 cm³/mol. The summed E-state index contributed by atoms with van der Waals surface area (Å²) in [5.41, 5.74) is 6.94. The number of benzene rings is 1. The summed E-state index contributed by atoms with van der Waals surface area (Å²) in [6, 6.07) is 6.66. The lowest BCUT2D eigenvalue weighted by molar-refractivity contribution is 0.305. The van der Waals surface area contributed by atoms with Crippen molar-refractivity contribution >= 4 is 21.6 Å². The quantitative estimate of drug-likeness (QED) is 0.885. The highest BCUT2D eigenvalue weighted by Gasteiger charge is 2.00. The highest BCUT2D eigenvalue weighted by atomic mass is 79.9. The van der Waals surface area contributed by atoms with Crippen LogP contribution in [-0.4, -0.2) is 4.98 Å². The van der Waals surface area contributed by atoms with Crippen LogP contribution < -0.4 is 10.5 Å². The van der Waals surface area contributed by atoms with Crippen molar-refractivity contribution < 1.29 is 9.13 Å². The van der Waals surface area contributed by atoms with Crippen molar-refractivity contribution in [3.63, 3.8) is 0 Å². The minimum absolute atomic E-state index is 0.251. The Morgan fingerprint density at radius 2 is 2.06 bits per heavy atom. The van der Waals surface area contributed by atoms with Gasteiger partial charge in [0.2, 0.25) is 0 Å². The van der Waals surface area contributed by atoms with Crippen molar-refractivity contribution in [2.24, 2.45) is 0 Å². The van der Waals surface area contributed by atoms with Crippen LogP contribution in [0.1, 0.15) is 5.56 Å². The van der Waals surface area contributed by atoms with Crippen LogP contribution in [0.15, 0.2) is 41.1 Å². The molecule has 5 heteroatoms. The molecule has 3 nitrogen and oxygen atoms in total. The van der Waals surface area contributed by atoms with E-state index < -0.39 is 0 Å². The Hall–Kier alpha value is -1.62. The summed E-state index contributed by atoms with van der Waals surface area (Å²) in [4.78, 5) is 3.74. The van der Waals surface area contributed by atoms with E-state index in [1.807, 2.05) is 0 Å². The zero-order chi connectivity index (χ0) is 12.3. The van der Waals surface area contributed by atoms with Gasteiger partial charge in [-0.2, -0.15) is 0 Å². The van der Waals surface area contributed by atoms with Crippen LogP contribution in [0.25, 0.3) is 0 Å². The first-order chi connectivity index (χ1) is 8.13. The third-order valence-corrected chi connectivity index (χ3v) is 2.52. The van der Waals surface area contributed by atoms with E-state index in [0.717, 1.165) is 10.7 Å². The van der Waals surface area contributed by atoms with Gasteiger partial charge in [0, 0.05) is 28.0 Å². The Labute approximate surface area is 107 Å². The first-order valence-electron chi connectivity index (χ1n) is 4.92. The zero-order valence-electron chi connectivity index (χ0n) is 8.86. The molecule has 0 atom stereocenters. The van der Waals surface area contributed by atoms with Crippen molar-refractivity contribution in [1.82, 2.24) is 4.98 Å². The van der Waals surface area contributed by atoms with E-state index in [9.17, 15) is 4.39 Å². The number of anilines is 1. The summed E-state index contributed by atoms with van der Waals surface area (Å²) in [5.74, 6) is 0.251. The van der Waals surface area contributed by atoms with Crippen LogP contribution >= 0.6 is 15.9 Å². The lowest BCUT2D eigenvalue weighted by Crippen LogP contribution is -1.97. The van der Waals surface area contributed by atoms with Crippen LogP contribution in [0, 0.1) is 5.82 Å². The average Bonchev–Trinajstić information content (AvgIpc) is 2.25. The smallest absolute Gasteiger partial charge is 0.141 e. The van der Waals surface area contributed by atoms with Crippen molar-refractivity contribution in [3.05, 3.63) is 52.5 Å². The Kier molecular flexibility index (Phi) is 3.58. The van der Waals surface area contributed by atoms with Gasteiger partial charge in [0.05, 0.1) is 6.20 Å². The Balaban J connectivity index is 2.07. The standard InChI is InChI=1S/C12H10BrFN2O/c13-9-2-11(15)4-12(3-9)17-7-8-1-10(14)6-16-5-8/h1-6H,7,15H2. The molecule has 0 aliphatic carbocycles. The summed E-state index contributed by atoms with van der Waals surface area (Å²) < 4.78 is 19.2. The molecule has 1 heterocycles. The lowest BCUT2D eigenvalue weighted by atomic mass is 10.3. The van der Waals surface area contributed by atoms with Gasteiger partial charge in [-0.25, -0.2) is 4.39 Å². The average molecular weight is 297 g/mol. The van der Waals surface area contributed by atoms with Crippen LogP contribution in [0.2, 0.25) is 0 Å². The first-order valence-corrected chi connectivity index (χ1v) is 5.71. The summed E-state index contributed by atoms with van der Waals surface area (Å²) >= 11 is 3.32. The normalized spacial score (nSPS) is 10.2. The summed E-state index contributed by atoms with van der Waals surface area (Å²) in [5, 5.41) is 0. The van der Waals surface area contributed by atoms with Crippen molar-refractivity contribution in [2.45, 2.75) is 6.61 Å². The van der Waals surface area contributed by atoms with Crippen molar-refractivity contribution in [1.29, 1.82) is 0 Å². The van der Waals surface area contributed by atoms with Crippen LogP contribution in [0.3, 0.4) is 0 Å². The maximum absolute atomic E-state index is 12.9. The molecule has 0 saturated heterocycles. The van der Waals surface area contributed by atoms with E-state index in [2.05, 4.69) is 20.9 Å². The van der Waals surface area contributed by atoms with Gasteiger partial charge in [-0.1, -0.05) is 15.9 Å². The summed E-state index contributed by atoms with van der Waals surface area (Å²) in [7, 11) is 0. The molecule has 0 aliphatic heterocycles. The van der Waals surface area contributed by atoms with Crippen molar-refractivity contribution in [3.8, 4) is 5.75 Å². The van der Waals surface area contributed by atoms with Gasteiger partial charge in [-0.05, 0) is 18.2 Å². The number of nitrogens with zero attached hydrogens (tertiary/aromatic N) is 1. The molecule has 0 radical (unpaired) electrons. The van der Waals surface area contributed by atoms with E-state index in [4.69, 9.17) is 10.5 Å². The third-order valence-electron chi connectivity index (χ3n) is 2.06. The van der Waals surface area contributed by atoms with Gasteiger partial charge in [0.1, 0.15) is 18.2 Å².